The molecule has 0 unspecified atom stereocenters. The zero-order valence-corrected chi connectivity index (χ0v) is 20.8. The molecule has 2 saturated heterocycles. The highest BCUT2D eigenvalue weighted by atomic mass is 32.2. The van der Waals surface area contributed by atoms with E-state index in [4.69, 9.17) is 4.74 Å². The first-order chi connectivity index (χ1) is 16.3. The molecule has 10 heteroatoms. The lowest BCUT2D eigenvalue weighted by molar-refractivity contribution is 0.0730. The molecule has 186 valence electrons. The molecule has 0 bridgehead atoms. The van der Waals surface area contributed by atoms with Crippen LogP contribution in [-0.4, -0.2) is 80.6 Å². The van der Waals surface area contributed by atoms with Crippen molar-refractivity contribution in [2.24, 2.45) is 13.0 Å². The van der Waals surface area contributed by atoms with E-state index in [1.165, 1.54) is 35.5 Å². The number of benzene rings is 1. The van der Waals surface area contributed by atoms with Crippen molar-refractivity contribution < 1.29 is 17.9 Å². The van der Waals surface area contributed by atoms with Gasteiger partial charge in [-0.1, -0.05) is 6.92 Å². The van der Waals surface area contributed by atoms with Gasteiger partial charge >= 0.3 is 0 Å². The van der Waals surface area contributed by atoms with Crippen LogP contribution in [0.5, 0.6) is 0 Å². The third kappa shape index (κ3) is 5.35. The minimum absolute atomic E-state index is 0.0162. The Kier molecular flexibility index (Phi) is 7.71. The van der Waals surface area contributed by atoms with Gasteiger partial charge in [-0.15, -0.1) is 0 Å². The third-order valence-electron chi connectivity index (χ3n) is 6.69. The van der Waals surface area contributed by atoms with Gasteiger partial charge in [0.15, 0.2) is 0 Å². The van der Waals surface area contributed by atoms with Crippen LogP contribution in [0.25, 0.3) is 10.9 Å². The number of carbonyl (C=O) groups excluding carboxylic acids is 1. The average molecular weight is 491 g/mol. The summed E-state index contributed by atoms with van der Waals surface area (Å²) in [4.78, 5) is 28.5. The van der Waals surface area contributed by atoms with Crippen molar-refractivity contribution in [3.63, 3.8) is 0 Å². The summed E-state index contributed by atoms with van der Waals surface area (Å²) in [6, 6.07) is 4.51. The number of carbonyl (C=O) groups is 1. The van der Waals surface area contributed by atoms with Crippen LogP contribution in [0.2, 0.25) is 0 Å². The Morgan fingerprint density at radius 1 is 1.21 bits per heavy atom. The summed E-state index contributed by atoms with van der Waals surface area (Å²) in [7, 11) is -2.01. The molecule has 1 N–H and O–H groups in total. The van der Waals surface area contributed by atoms with Crippen LogP contribution < -0.4 is 10.7 Å². The summed E-state index contributed by atoms with van der Waals surface area (Å²) in [5.41, 5.74) is 0.124. The van der Waals surface area contributed by atoms with Crippen molar-refractivity contribution in [2.45, 2.75) is 31.1 Å². The Morgan fingerprint density at radius 3 is 2.71 bits per heavy atom. The van der Waals surface area contributed by atoms with E-state index in [0.717, 1.165) is 26.1 Å². The number of rotatable bonds is 7. The highest BCUT2D eigenvalue weighted by Crippen LogP contribution is 2.21. The summed E-state index contributed by atoms with van der Waals surface area (Å²) in [5.74, 6) is 0.275. The van der Waals surface area contributed by atoms with Crippen LogP contribution in [0.3, 0.4) is 0 Å². The summed E-state index contributed by atoms with van der Waals surface area (Å²) in [6.45, 7) is 7.09. The molecule has 4 rings (SSSR count). The first-order valence-corrected chi connectivity index (χ1v) is 13.4. The number of hydrogen-bond donors (Lipinski definition) is 1. The number of aryl methyl sites for hydroxylation is 1. The first-order valence-electron chi connectivity index (χ1n) is 12.0. The summed E-state index contributed by atoms with van der Waals surface area (Å²) >= 11 is 0. The van der Waals surface area contributed by atoms with Crippen molar-refractivity contribution in [1.82, 2.24) is 19.1 Å². The van der Waals surface area contributed by atoms with Crippen LogP contribution in [0.1, 0.15) is 36.5 Å². The number of piperidine rings is 1. The predicted molar refractivity (Wildman–Crippen MR) is 131 cm³/mol. The quantitative estimate of drug-likeness (QED) is 0.589. The number of likely N-dealkylation sites (tertiary alicyclic amines) is 1. The maximum absolute atomic E-state index is 13.2. The standard InChI is InChI=1S/C24H34N4O5S/c1-18-5-3-9-27(16-18)10-4-8-25-24(30)21-17-26(2)22-7-6-19(15-20(22)23(21)29)34(31,32)28-11-13-33-14-12-28/h6-7,15,17-18H,3-5,8-14,16H2,1-2H3,(H,25,30)/t18-/m1/s1. The third-order valence-corrected chi connectivity index (χ3v) is 8.58. The van der Waals surface area contributed by atoms with E-state index in [1.807, 2.05) is 0 Å². The van der Waals surface area contributed by atoms with E-state index >= 15 is 0 Å². The molecule has 2 aromatic rings. The molecule has 1 aromatic heterocycles. The molecule has 2 aliphatic rings. The SMILES string of the molecule is C[C@@H]1CCCN(CCCNC(=O)c2cn(C)c3ccc(S(=O)(=O)N4CCOCC4)cc3c2=O)C1. The number of amides is 1. The van der Waals surface area contributed by atoms with E-state index in [2.05, 4.69) is 17.1 Å². The van der Waals surface area contributed by atoms with Gasteiger partial charge in [0.05, 0.1) is 23.6 Å². The average Bonchev–Trinajstić information content (AvgIpc) is 2.84. The van der Waals surface area contributed by atoms with Gasteiger partial charge in [-0.05, 0) is 56.5 Å². The van der Waals surface area contributed by atoms with Crippen molar-refractivity contribution in [3.8, 4) is 0 Å². The number of aromatic nitrogens is 1. The lowest BCUT2D eigenvalue weighted by Gasteiger charge is -2.30. The monoisotopic (exact) mass is 490 g/mol. The molecule has 34 heavy (non-hydrogen) atoms. The summed E-state index contributed by atoms with van der Waals surface area (Å²) in [5, 5.41) is 3.07. The van der Waals surface area contributed by atoms with Gasteiger partial charge in [-0.3, -0.25) is 9.59 Å². The molecule has 0 spiro atoms. The van der Waals surface area contributed by atoms with Crippen LogP contribution in [-0.2, 0) is 21.8 Å². The highest BCUT2D eigenvalue weighted by Gasteiger charge is 2.27. The smallest absolute Gasteiger partial charge is 0.256 e. The number of sulfonamides is 1. The maximum Gasteiger partial charge on any atom is 0.256 e. The minimum Gasteiger partial charge on any atom is -0.379 e. The Bertz CT molecular complexity index is 1200. The first kappa shape index (κ1) is 24.8. The number of nitrogens with one attached hydrogen (secondary N) is 1. The van der Waals surface area contributed by atoms with Crippen molar-refractivity contribution in [2.75, 3.05) is 52.5 Å². The molecule has 1 aromatic carbocycles. The van der Waals surface area contributed by atoms with E-state index in [0.29, 0.717) is 31.2 Å². The maximum atomic E-state index is 13.2. The largest absolute Gasteiger partial charge is 0.379 e. The Balaban J connectivity index is 1.50. The van der Waals surface area contributed by atoms with Crippen molar-refractivity contribution >= 4 is 26.8 Å². The number of morpholine rings is 1. The Morgan fingerprint density at radius 2 is 1.97 bits per heavy atom. The van der Waals surface area contributed by atoms with Crippen LogP contribution in [0.4, 0.5) is 0 Å². The molecule has 2 aliphatic heterocycles. The van der Waals surface area contributed by atoms with Crippen LogP contribution >= 0.6 is 0 Å². The fraction of sp³-hybridized carbons (Fsp3) is 0.583. The normalized spacial score (nSPS) is 20.5. The van der Waals surface area contributed by atoms with E-state index in [1.54, 1.807) is 17.7 Å². The molecule has 1 amide bonds. The molecule has 0 aliphatic carbocycles. The van der Waals surface area contributed by atoms with E-state index in [-0.39, 0.29) is 28.9 Å². The molecular weight excluding hydrogens is 456 g/mol. The second-order valence-corrected chi connectivity index (χ2v) is 11.3. The topological polar surface area (TPSA) is 101 Å². The summed E-state index contributed by atoms with van der Waals surface area (Å²) in [6.07, 6.45) is 4.81. The van der Waals surface area contributed by atoms with Crippen LogP contribution in [0.15, 0.2) is 34.1 Å². The summed E-state index contributed by atoms with van der Waals surface area (Å²) < 4.78 is 34.4. The Labute approximate surface area is 200 Å². The van der Waals surface area contributed by atoms with Crippen LogP contribution in [0, 0.1) is 5.92 Å². The van der Waals surface area contributed by atoms with Gasteiger partial charge in [0.2, 0.25) is 15.5 Å². The van der Waals surface area contributed by atoms with Gasteiger partial charge in [0, 0.05) is 44.8 Å². The fourth-order valence-corrected chi connectivity index (χ4v) is 6.25. The van der Waals surface area contributed by atoms with E-state index < -0.39 is 21.4 Å². The van der Waals surface area contributed by atoms with Gasteiger partial charge in [0.1, 0.15) is 5.56 Å². The number of nitrogens with zero attached hydrogens (tertiary/aromatic N) is 3. The molecule has 1 atom stereocenters. The molecule has 0 saturated carbocycles. The Hall–Kier alpha value is -2.27. The van der Waals surface area contributed by atoms with Gasteiger partial charge < -0.3 is 19.5 Å². The zero-order chi connectivity index (χ0) is 24.3. The second kappa shape index (κ2) is 10.6. The van der Waals surface area contributed by atoms with Gasteiger partial charge in [-0.2, -0.15) is 4.31 Å². The predicted octanol–water partition coefficient (Wildman–Crippen LogP) is 1.41. The molecule has 2 fully saturated rings. The number of fused-ring (bicyclic) bond motifs is 1. The minimum atomic E-state index is -3.75. The highest BCUT2D eigenvalue weighted by molar-refractivity contribution is 7.89. The number of pyridine rings is 1. The molecule has 3 heterocycles. The molecule has 0 radical (unpaired) electrons. The van der Waals surface area contributed by atoms with Crippen molar-refractivity contribution in [3.05, 3.63) is 40.2 Å². The zero-order valence-electron chi connectivity index (χ0n) is 20.0. The second-order valence-electron chi connectivity index (χ2n) is 9.34. The van der Waals surface area contributed by atoms with Gasteiger partial charge in [-0.25, -0.2) is 8.42 Å². The van der Waals surface area contributed by atoms with Crippen molar-refractivity contribution in [1.29, 1.82) is 0 Å². The van der Waals surface area contributed by atoms with Gasteiger partial charge in [0.25, 0.3) is 5.91 Å². The lowest BCUT2D eigenvalue weighted by atomic mass is 10.0. The van der Waals surface area contributed by atoms with E-state index in [9.17, 15) is 18.0 Å². The number of ether oxygens (including phenoxy) is 1. The molecule has 9 nitrogen and oxygen atoms in total. The fourth-order valence-electron chi connectivity index (χ4n) is 4.82. The lowest BCUT2D eigenvalue weighted by Crippen LogP contribution is -2.40. The molecular formula is C24H34N4O5S. The number of hydrogen-bond acceptors (Lipinski definition) is 6.